The molecule has 0 heterocycles. The fraction of sp³-hybridized carbons (Fsp3) is 0.333. The molecule has 0 aliphatic heterocycles. The minimum atomic E-state index is -0.800. The second-order valence-corrected chi connectivity index (χ2v) is 7.06. The van der Waals surface area contributed by atoms with Crippen molar-refractivity contribution < 1.29 is 28.7 Å². The van der Waals surface area contributed by atoms with Crippen LogP contribution in [0, 0.1) is 6.92 Å². The highest BCUT2D eigenvalue weighted by molar-refractivity contribution is 5.98. The first-order valence-corrected chi connectivity index (χ1v) is 10.5. The lowest BCUT2D eigenvalue weighted by molar-refractivity contribution is -0.121. The minimum absolute atomic E-state index is 0.0638. The van der Waals surface area contributed by atoms with Crippen LogP contribution in [-0.4, -0.2) is 43.4 Å². The molecule has 8 heteroatoms. The molecule has 2 aromatic carbocycles. The van der Waals surface area contributed by atoms with E-state index in [4.69, 9.17) is 4.74 Å². The number of rotatable bonds is 11. The second-order valence-electron chi connectivity index (χ2n) is 7.06. The van der Waals surface area contributed by atoms with Crippen LogP contribution in [-0.2, 0) is 9.53 Å². The quantitative estimate of drug-likeness (QED) is 0.240. The number of hydrogen-bond acceptors (Lipinski definition) is 6. The fourth-order valence-electron chi connectivity index (χ4n) is 2.74. The molecule has 32 heavy (non-hydrogen) atoms. The molecule has 0 aromatic heterocycles. The number of carbonyl (C=O) groups is 4. The zero-order chi connectivity index (χ0) is 23.3. The van der Waals surface area contributed by atoms with E-state index < -0.39 is 6.16 Å². The van der Waals surface area contributed by atoms with E-state index in [0.717, 1.165) is 5.56 Å². The lowest BCUT2D eigenvalue weighted by Gasteiger charge is -2.08. The fourth-order valence-corrected chi connectivity index (χ4v) is 2.74. The van der Waals surface area contributed by atoms with Crippen LogP contribution in [0.3, 0.4) is 0 Å². The van der Waals surface area contributed by atoms with Crippen molar-refractivity contribution in [2.24, 2.45) is 0 Å². The number of Topliss-reactive ketones (excluding diaryl/α,β-unsaturated/α-hetero) is 1. The van der Waals surface area contributed by atoms with Gasteiger partial charge in [0.1, 0.15) is 5.75 Å². The molecule has 0 atom stereocenters. The number of benzene rings is 2. The summed E-state index contributed by atoms with van der Waals surface area (Å²) in [7, 11) is 0. The summed E-state index contributed by atoms with van der Waals surface area (Å²) in [6.07, 6.45) is 0.0279. The summed E-state index contributed by atoms with van der Waals surface area (Å²) < 4.78 is 9.62. The van der Waals surface area contributed by atoms with Crippen LogP contribution in [0.1, 0.15) is 52.5 Å². The zero-order valence-corrected chi connectivity index (χ0v) is 18.3. The molecular formula is C24H28N2O6. The Balaban J connectivity index is 1.61. The van der Waals surface area contributed by atoms with Gasteiger partial charge in [0.05, 0.1) is 6.61 Å². The van der Waals surface area contributed by atoms with E-state index >= 15 is 0 Å². The molecule has 0 spiro atoms. The number of amides is 2. The first-order chi connectivity index (χ1) is 15.4. The predicted octanol–water partition coefficient (Wildman–Crippen LogP) is 3.43. The Morgan fingerprint density at radius 3 is 2.09 bits per heavy atom. The van der Waals surface area contributed by atoms with Gasteiger partial charge in [-0.2, -0.15) is 0 Å². The van der Waals surface area contributed by atoms with E-state index in [1.165, 1.54) is 24.3 Å². The summed E-state index contributed by atoms with van der Waals surface area (Å²) in [5.74, 6) is -0.258. The van der Waals surface area contributed by atoms with E-state index in [1.807, 2.05) is 19.1 Å². The Morgan fingerprint density at radius 2 is 1.44 bits per heavy atom. The van der Waals surface area contributed by atoms with E-state index in [1.54, 1.807) is 19.1 Å². The van der Waals surface area contributed by atoms with Gasteiger partial charge < -0.3 is 20.1 Å². The topological polar surface area (TPSA) is 111 Å². The first-order valence-electron chi connectivity index (χ1n) is 10.5. The summed E-state index contributed by atoms with van der Waals surface area (Å²) in [4.78, 5) is 47.4. The average Bonchev–Trinajstić information content (AvgIpc) is 2.78. The number of aryl methyl sites for hydroxylation is 1. The molecule has 2 rings (SSSR count). The number of hydrogen-bond donors (Lipinski definition) is 2. The molecule has 0 saturated heterocycles. The van der Waals surface area contributed by atoms with Crippen molar-refractivity contribution in [2.75, 3.05) is 19.7 Å². The van der Waals surface area contributed by atoms with Crippen LogP contribution >= 0.6 is 0 Å². The Hall–Kier alpha value is -3.68. The van der Waals surface area contributed by atoms with Gasteiger partial charge in [-0.05, 0) is 44.5 Å². The molecule has 2 N–H and O–H groups in total. The van der Waals surface area contributed by atoms with Crippen LogP contribution < -0.4 is 15.4 Å². The highest BCUT2D eigenvalue weighted by atomic mass is 16.7. The van der Waals surface area contributed by atoms with Gasteiger partial charge in [-0.25, -0.2) is 4.79 Å². The van der Waals surface area contributed by atoms with Crippen molar-refractivity contribution in [3.05, 3.63) is 65.2 Å². The SMILES string of the molecule is CCOC(=O)Oc1ccc(C(=O)NCCCNC(=O)CCC(=O)c2ccc(C)cc2)cc1. The van der Waals surface area contributed by atoms with Gasteiger partial charge in [-0.1, -0.05) is 29.8 Å². The molecule has 8 nitrogen and oxygen atoms in total. The van der Waals surface area contributed by atoms with Crippen LogP contribution in [0.25, 0.3) is 0 Å². The van der Waals surface area contributed by atoms with Crippen LogP contribution in [0.5, 0.6) is 5.75 Å². The van der Waals surface area contributed by atoms with Crippen LogP contribution in [0.4, 0.5) is 4.79 Å². The van der Waals surface area contributed by atoms with Crippen molar-refractivity contribution in [3.8, 4) is 5.75 Å². The monoisotopic (exact) mass is 440 g/mol. The third kappa shape index (κ3) is 8.59. The Morgan fingerprint density at radius 1 is 0.812 bits per heavy atom. The maximum absolute atomic E-state index is 12.1. The first kappa shape index (κ1) is 24.6. The van der Waals surface area contributed by atoms with Crippen molar-refractivity contribution in [1.29, 1.82) is 0 Å². The van der Waals surface area contributed by atoms with Gasteiger partial charge in [0, 0.05) is 37.1 Å². The van der Waals surface area contributed by atoms with Crippen molar-refractivity contribution >= 4 is 23.8 Å². The van der Waals surface area contributed by atoms with Crippen molar-refractivity contribution in [2.45, 2.75) is 33.1 Å². The van der Waals surface area contributed by atoms with E-state index in [9.17, 15) is 19.2 Å². The highest BCUT2D eigenvalue weighted by Crippen LogP contribution is 2.13. The summed E-state index contributed by atoms with van der Waals surface area (Å²) in [6.45, 7) is 4.61. The summed E-state index contributed by atoms with van der Waals surface area (Å²) >= 11 is 0. The standard InChI is InChI=1S/C24H28N2O6/c1-3-31-24(30)32-20-11-9-19(10-12-20)23(29)26-16-4-15-25-22(28)14-13-21(27)18-7-5-17(2)6-8-18/h5-12H,3-4,13-16H2,1-2H3,(H,25,28)(H,26,29). The molecule has 170 valence electrons. The summed E-state index contributed by atoms with van der Waals surface area (Å²) in [5.41, 5.74) is 2.10. The summed E-state index contributed by atoms with van der Waals surface area (Å²) in [6, 6.07) is 13.3. The van der Waals surface area contributed by atoms with Crippen molar-refractivity contribution in [3.63, 3.8) is 0 Å². The van der Waals surface area contributed by atoms with Gasteiger partial charge >= 0.3 is 6.16 Å². The largest absolute Gasteiger partial charge is 0.513 e. The van der Waals surface area contributed by atoms with Gasteiger partial charge in [0.2, 0.25) is 5.91 Å². The van der Waals surface area contributed by atoms with Gasteiger partial charge in [-0.15, -0.1) is 0 Å². The molecule has 0 radical (unpaired) electrons. The Bertz CT molecular complexity index is 923. The average molecular weight is 440 g/mol. The van der Waals surface area contributed by atoms with E-state index in [-0.39, 0.29) is 42.8 Å². The zero-order valence-electron chi connectivity index (χ0n) is 18.3. The number of ether oxygens (including phenoxy) is 2. The molecule has 2 amide bonds. The second kappa shape index (κ2) is 12.9. The van der Waals surface area contributed by atoms with Gasteiger partial charge in [0.15, 0.2) is 5.78 Å². The van der Waals surface area contributed by atoms with Crippen molar-refractivity contribution in [1.82, 2.24) is 10.6 Å². The highest BCUT2D eigenvalue weighted by Gasteiger charge is 2.10. The van der Waals surface area contributed by atoms with E-state index in [2.05, 4.69) is 15.4 Å². The third-order valence-corrected chi connectivity index (χ3v) is 4.49. The Kier molecular flexibility index (Phi) is 9.90. The molecule has 0 bridgehead atoms. The number of carbonyl (C=O) groups excluding carboxylic acids is 4. The molecule has 0 unspecified atom stereocenters. The van der Waals surface area contributed by atoms with Crippen LogP contribution in [0.15, 0.2) is 48.5 Å². The molecule has 0 saturated carbocycles. The van der Waals surface area contributed by atoms with E-state index in [0.29, 0.717) is 30.6 Å². The molecular weight excluding hydrogens is 412 g/mol. The third-order valence-electron chi connectivity index (χ3n) is 4.49. The normalized spacial score (nSPS) is 10.2. The van der Waals surface area contributed by atoms with Gasteiger partial charge in [0.25, 0.3) is 5.91 Å². The Labute approximate surface area is 187 Å². The molecule has 0 aliphatic rings. The molecule has 0 fully saturated rings. The summed E-state index contributed by atoms with van der Waals surface area (Å²) in [5, 5.41) is 5.50. The number of ketones is 1. The lowest BCUT2D eigenvalue weighted by Crippen LogP contribution is -2.30. The maximum atomic E-state index is 12.1. The smallest absolute Gasteiger partial charge is 0.434 e. The maximum Gasteiger partial charge on any atom is 0.513 e. The molecule has 2 aromatic rings. The lowest BCUT2D eigenvalue weighted by atomic mass is 10.1. The predicted molar refractivity (Wildman–Crippen MR) is 119 cm³/mol. The van der Waals surface area contributed by atoms with Gasteiger partial charge in [-0.3, -0.25) is 14.4 Å². The van der Waals surface area contributed by atoms with Crippen LogP contribution in [0.2, 0.25) is 0 Å². The number of nitrogens with one attached hydrogen (secondary N) is 2. The molecule has 0 aliphatic carbocycles. The minimum Gasteiger partial charge on any atom is -0.434 e.